The molecule has 1 saturated carbocycles. The molecule has 0 heterocycles. The quantitative estimate of drug-likeness (QED) is 0.753. The van der Waals surface area contributed by atoms with E-state index in [9.17, 15) is 8.42 Å². The molecule has 1 N–H and O–H groups in total. The zero-order valence-electron chi connectivity index (χ0n) is 10.9. The smallest absolute Gasteiger partial charge is 0.212 e. The van der Waals surface area contributed by atoms with Crippen molar-refractivity contribution in [3.8, 4) is 0 Å². The molecular formula is C11H22ClNO3S. The Balaban J connectivity index is 2.56. The van der Waals surface area contributed by atoms with Crippen molar-refractivity contribution in [2.45, 2.75) is 39.3 Å². The number of alkyl halides is 1. The summed E-state index contributed by atoms with van der Waals surface area (Å²) in [7, 11) is -1.59. The molecule has 17 heavy (non-hydrogen) atoms. The van der Waals surface area contributed by atoms with Crippen LogP contribution in [0.15, 0.2) is 0 Å². The Kier molecular flexibility index (Phi) is 4.86. The number of rotatable bonds is 6. The zero-order valence-corrected chi connectivity index (χ0v) is 12.4. The predicted molar refractivity (Wildman–Crippen MR) is 69.8 cm³/mol. The minimum atomic E-state index is -3.25. The van der Waals surface area contributed by atoms with Crippen molar-refractivity contribution in [1.29, 1.82) is 0 Å². The minimum Gasteiger partial charge on any atom is -0.381 e. The number of methoxy groups -OCH3 is 1. The lowest BCUT2D eigenvalue weighted by Crippen LogP contribution is -2.62. The van der Waals surface area contributed by atoms with Crippen LogP contribution in [0.4, 0.5) is 0 Å². The lowest BCUT2D eigenvalue weighted by atomic mass is 9.65. The summed E-state index contributed by atoms with van der Waals surface area (Å²) in [6, 6.07) is -0.0417. The van der Waals surface area contributed by atoms with Crippen LogP contribution in [0, 0.1) is 11.3 Å². The molecule has 1 fully saturated rings. The summed E-state index contributed by atoms with van der Waals surface area (Å²) in [4.78, 5) is 0. The van der Waals surface area contributed by atoms with E-state index in [0.717, 1.165) is 6.42 Å². The van der Waals surface area contributed by atoms with Crippen LogP contribution < -0.4 is 4.72 Å². The highest BCUT2D eigenvalue weighted by molar-refractivity contribution is 7.89. The molecule has 1 aliphatic carbocycles. The predicted octanol–water partition coefficient (Wildman–Crippen LogP) is 1.59. The third-order valence-corrected chi connectivity index (χ3v) is 5.73. The summed E-state index contributed by atoms with van der Waals surface area (Å²) in [5, 5.41) is 0. The molecule has 0 radical (unpaired) electrons. The van der Waals surface area contributed by atoms with Gasteiger partial charge in [0.05, 0.1) is 11.9 Å². The van der Waals surface area contributed by atoms with Gasteiger partial charge in [-0.1, -0.05) is 20.8 Å². The van der Waals surface area contributed by atoms with Crippen LogP contribution in [0.5, 0.6) is 0 Å². The maximum absolute atomic E-state index is 11.9. The van der Waals surface area contributed by atoms with Crippen molar-refractivity contribution in [2.75, 3.05) is 18.7 Å². The summed E-state index contributed by atoms with van der Waals surface area (Å²) in [6.07, 6.45) is 0.860. The maximum atomic E-state index is 11.9. The molecule has 102 valence electrons. The summed E-state index contributed by atoms with van der Waals surface area (Å²) >= 11 is 5.63. The van der Waals surface area contributed by atoms with Crippen LogP contribution in [-0.4, -0.2) is 39.3 Å². The number of hydrogen-bond acceptors (Lipinski definition) is 3. The Hall–Kier alpha value is 0.160. The van der Waals surface area contributed by atoms with Gasteiger partial charge < -0.3 is 4.74 Å². The van der Waals surface area contributed by atoms with Gasteiger partial charge in [0.15, 0.2) is 0 Å². The highest BCUT2D eigenvalue weighted by Crippen LogP contribution is 2.42. The minimum absolute atomic E-state index is 0.0319. The first kappa shape index (κ1) is 15.2. The SMILES string of the molecule is COC1CC(NS(=O)(=O)CC(C)CCl)C1(C)C. The summed E-state index contributed by atoms with van der Waals surface area (Å²) < 4.78 is 31.8. The molecule has 0 saturated heterocycles. The van der Waals surface area contributed by atoms with Crippen molar-refractivity contribution >= 4 is 21.6 Å². The van der Waals surface area contributed by atoms with Crippen molar-refractivity contribution in [3.63, 3.8) is 0 Å². The van der Waals surface area contributed by atoms with Gasteiger partial charge in [0.2, 0.25) is 10.0 Å². The normalized spacial score (nSPS) is 29.7. The summed E-state index contributed by atoms with van der Waals surface area (Å²) in [6.45, 7) is 5.86. The van der Waals surface area contributed by atoms with Gasteiger partial charge >= 0.3 is 0 Å². The second-order valence-electron chi connectivity index (χ2n) is 5.49. The van der Waals surface area contributed by atoms with E-state index in [-0.39, 0.29) is 29.2 Å². The molecule has 3 unspecified atom stereocenters. The first-order chi connectivity index (χ1) is 7.73. The Morgan fingerprint density at radius 3 is 2.53 bits per heavy atom. The van der Waals surface area contributed by atoms with Crippen LogP contribution in [0.2, 0.25) is 0 Å². The molecule has 0 aromatic heterocycles. The van der Waals surface area contributed by atoms with Crippen molar-refractivity contribution in [2.24, 2.45) is 11.3 Å². The van der Waals surface area contributed by atoms with Crippen LogP contribution in [0.3, 0.4) is 0 Å². The number of ether oxygens (including phenoxy) is 1. The van der Waals surface area contributed by atoms with Gasteiger partial charge in [-0.25, -0.2) is 13.1 Å². The van der Waals surface area contributed by atoms with Crippen LogP contribution >= 0.6 is 11.6 Å². The van der Waals surface area contributed by atoms with E-state index in [4.69, 9.17) is 16.3 Å². The molecule has 0 aliphatic heterocycles. The second kappa shape index (κ2) is 5.43. The maximum Gasteiger partial charge on any atom is 0.212 e. The topological polar surface area (TPSA) is 55.4 Å². The zero-order chi connectivity index (χ0) is 13.3. The fourth-order valence-corrected chi connectivity index (χ4v) is 4.20. The van der Waals surface area contributed by atoms with Gasteiger partial charge in [-0.15, -0.1) is 11.6 Å². The monoisotopic (exact) mass is 283 g/mol. The average molecular weight is 284 g/mol. The van der Waals surface area contributed by atoms with E-state index in [0.29, 0.717) is 5.88 Å². The Bertz CT molecular complexity index is 356. The summed E-state index contributed by atoms with van der Waals surface area (Å²) in [5.74, 6) is 0.409. The van der Waals surface area contributed by atoms with Gasteiger partial charge in [0.1, 0.15) is 0 Å². The molecule has 0 amide bonds. The van der Waals surface area contributed by atoms with E-state index >= 15 is 0 Å². The second-order valence-corrected chi connectivity index (χ2v) is 7.60. The molecule has 0 aromatic rings. The van der Waals surface area contributed by atoms with Crippen molar-refractivity contribution in [1.82, 2.24) is 4.72 Å². The average Bonchev–Trinajstić information content (AvgIpc) is 2.22. The van der Waals surface area contributed by atoms with Gasteiger partial charge in [-0.2, -0.15) is 0 Å². The van der Waals surface area contributed by atoms with Crippen molar-refractivity contribution < 1.29 is 13.2 Å². The van der Waals surface area contributed by atoms with Gasteiger partial charge in [0, 0.05) is 24.4 Å². The Morgan fingerprint density at radius 1 is 1.53 bits per heavy atom. The fourth-order valence-electron chi connectivity index (χ4n) is 2.17. The first-order valence-corrected chi connectivity index (χ1v) is 8.00. The summed E-state index contributed by atoms with van der Waals surface area (Å²) in [5.41, 5.74) is -0.147. The molecule has 1 rings (SSSR count). The fraction of sp³-hybridized carbons (Fsp3) is 1.00. The highest BCUT2D eigenvalue weighted by atomic mass is 35.5. The molecule has 6 heteroatoms. The molecular weight excluding hydrogens is 262 g/mol. The number of sulfonamides is 1. The Morgan fingerprint density at radius 2 is 2.12 bits per heavy atom. The van der Waals surface area contributed by atoms with E-state index in [2.05, 4.69) is 4.72 Å². The van der Waals surface area contributed by atoms with E-state index in [1.165, 1.54) is 0 Å². The molecule has 0 bridgehead atoms. The van der Waals surface area contributed by atoms with Gasteiger partial charge in [-0.3, -0.25) is 0 Å². The molecule has 0 spiro atoms. The first-order valence-electron chi connectivity index (χ1n) is 5.81. The number of hydrogen-bond donors (Lipinski definition) is 1. The van der Waals surface area contributed by atoms with Crippen LogP contribution in [0.1, 0.15) is 27.2 Å². The standard InChI is InChI=1S/C11H22ClNO3S/c1-8(6-12)7-17(14,15)13-9-5-10(16-4)11(9,2)3/h8-10,13H,5-7H2,1-4H3. The third kappa shape index (κ3) is 3.56. The molecule has 0 aromatic carbocycles. The van der Waals surface area contributed by atoms with E-state index in [1.807, 2.05) is 20.8 Å². The number of nitrogens with one attached hydrogen (secondary N) is 1. The van der Waals surface area contributed by atoms with Crippen LogP contribution in [0.25, 0.3) is 0 Å². The Labute approximate surface area is 109 Å². The molecule has 4 nitrogen and oxygen atoms in total. The van der Waals surface area contributed by atoms with Gasteiger partial charge in [-0.05, 0) is 12.3 Å². The highest BCUT2D eigenvalue weighted by Gasteiger charge is 2.49. The molecule has 1 aliphatic rings. The van der Waals surface area contributed by atoms with E-state index in [1.54, 1.807) is 7.11 Å². The van der Waals surface area contributed by atoms with Gasteiger partial charge in [0.25, 0.3) is 0 Å². The number of halogens is 1. The third-order valence-electron chi connectivity index (χ3n) is 3.55. The van der Waals surface area contributed by atoms with E-state index < -0.39 is 10.0 Å². The molecule has 3 atom stereocenters. The lowest BCUT2D eigenvalue weighted by Gasteiger charge is -2.51. The van der Waals surface area contributed by atoms with Crippen molar-refractivity contribution in [3.05, 3.63) is 0 Å². The largest absolute Gasteiger partial charge is 0.381 e. The van der Waals surface area contributed by atoms with Crippen LogP contribution in [-0.2, 0) is 14.8 Å². The lowest BCUT2D eigenvalue weighted by molar-refractivity contribution is -0.0908.